The summed E-state index contributed by atoms with van der Waals surface area (Å²) in [6, 6.07) is 20.1. The Hall–Kier alpha value is -2.86. The number of nitrogens with one attached hydrogen (secondary N) is 1. The lowest BCUT2D eigenvalue weighted by atomic mass is 10.1. The topological polar surface area (TPSA) is 48.7 Å². The van der Waals surface area contributed by atoms with Gasteiger partial charge in [0.25, 0.3) is 0 Å². The van der Waals surface area contributed by atoms with Gasteiger partial charge in [-0.2, -0.15) is 5.26 Å². The molecule has 0 fully saturated rings. The average Bonchev–Trinajstić information content (AvgIpc) is 2.47. The molecule has 96 valence electrons. The minimum atomic E-state index is 0.545. The summed E-state index contributed by atoms with van der Waals surface area (Å²) in [6.45, 7) is 1.91. The molecule has 20 heavy (non-hydrogen) atoms. The van der Waals surface area contributed by atoms with Crippen LogP contribution in [0.4, 0.5) is 11.5 Å². The van der Waals surface area contributed by atoms with Crippen molar-refractivity contribution in [3.8, 4) is 6.07 Å². The SMILES string of the molecule is Cc1ccc(C#N)c(Nc2ccc3ccccc3c2)n1. The van der Waals surface area contributed by atoms with Crippen LogP contribution < -0.4 is 5.32 Å². The van der Waals surface area contributed by atoms with Crippen LogP contribution in [-0.2, 0) is 0 Å². The van der Waals surface area contributed by atoms with Gasteiger partial charge in [0.1, 0.15) is 11.9 Å². The number of rotatable bonds is 2. The van der Waals surface area contributed by atoms with Gasteiger partial charge in [-0.3, -0.25) is 0 Å². The molecule has 1 heterocycles. The Kier molecular flexibility index (Phi) is 3.06. The van der Waals surface area contributed by atoms with Crippen molar-refractivity contribution in [1.29, 1.82) is 5.26 Å². The third-order valence-electron chi connectivity index (χ3n) is 3.17. The molecular weight excluding hydrogens is 246 g/mol. The van der Waals surface area contributed by atoms with Gasteiger partial charge in [0.15, 0.2) is 0 Å². The monoisotopic (exact) mass is 259 g/mol. The molecule has 0 atom stereocenters. The standard InChI is InChI=1S/C17H13N3/c1-12-6-7-15(11-18)17(19-12)20-16-9-8-13-4-2-3-5-14(13)10-16/h2-10H,1H3,(H,19,20). The Morgan fingerprint density at radius 2 is 1.80 bits per heavy atom. The van der Waals surface area contributed by atoms with Crippen molar-refractivity contribution >= 4 is 22.3 Å². The van der Waals surface area contributed by atoms with Gasteiger partial charge in [0, 0.05) is 11.4 Å². The predicted molar refractivity (Wildman–Crippen MR) is 80.9 cm³/mol. The van der Waals surface area contributed by atoms with Crippen LogP contribution in [0.3, 0.4) is 0 Å². The van der Waals surface area contributed by atoms with Gasteiger partial charge in [-0.25, -0.2) is 4.98 Å². The van der Waals surface area contributed by atoms with E-state index in [1.165, 1.54) is 5.39 Å². The Labute approximate surface area is 117 Å². The molecule has 1 N–H and O–H groups in total. The number of fused-ring (bicyclic) bond motifs is 1. The lowest BCUT2D eigenvalue weighted by Crippen LogP contribution is -1.98. The van der Waals surface area contributed by atoms with Crippen molar-refractivity contribution in [3.05, 3.63) is 65.9 Å². The molecule has 1 aromatic heterocycles. The van der Waals surface area contributed by atoms with E-state index in [0.717, 1.165) is 16.8 Å². The molecule has 0 saturated carbocycles. The number of nitrogens with zero attached hydrogens (tertiary/aromatic N) is 2. The summed E-state index contributed by atoms with van der Waals surface area (Å²) < 4.78 is 0. The molecule has 2 aromatic carbocycles. The molecule has 0 saturated heterocycles. The zero-order chi connectivity index (χ0) is 13.9. The van der Waals surface area contributed by atoms with Gasteiger partial charge in [0.2, 0.25) is 0 Å². The Balaban J connectivity index is 2.01. The second-order valence-corrected chi connectivity index (χ2v) is 4.65. The smallest absolute Gasteiger partial charge is 0.148 e. The highest BCUT2D eigenvalue weighted by atomic mass is 15.0. The quantitative estimate of drug-likeness (QED) is 0.751. The van der Waals surface area contributed by atoms with E-state index in [1.54, 1.807) is 6.07 Å². The molecule has 0 radical (unpaired) electrons. The van der Waals surface area contributed by atoms with Crippen LogP contribution in [0.25, 0.3) is 10.8 Å². The van der Waals surface area contributed by atoms with Crippen molar-refractivity contribution in [1.82, 2.24) is 4.98 Å². The average molecular weight is 259 g/mol. The minimum absolute atomic E-state index is 0.545. The predicted octanol–water partition coefficient (Wildman–Crippen LogP) is 4.16. The zero-order valence-electron chi connectivity index (χ0n) is 11.1. The van der Waals surface area contributed by atoms with Gasteiger partial charge < -0.3 is 5.32 Å². The largest absolute Gasteiger partial charge is 0.339 e. The first-order valence-corrected chi connectivity index (χ1v) is 6.40. The van der Waals surface area contributed by atoms with E-state index in [1.807, 2.05) is 31.2 Å². The highest BCUT2D eigenvalue weighted by molar-refractivity contribution is 5.86. The van der Waals surface area contributed by atoms with Crippen molar-refractivity contribution in [2.24, 2.45) is 0 Å². The maximum Gasteiger partial charge on any atom is 0.148 e. The summed E-state index contributed by atoms with van der Waals surface area (Å²) in [6.07, 6.45) is 0. The highest BCUT2D eigenvalue weighted by Crippen LogP contribution is 2.23. The fourth-order valence-electron chi connectivity index (χ4n) is 2.15. The minimum Gasteiger partial charge on any atom is -0.339 e. The van der Waals surface area contributed by atoms with Gasteiger partial charge in [0.05, 0.1) is 5.56 Å². The molecule has 0 bridgehead atoms. The Bertz CT molecular complexity index is 816. The third kappa shape index (κ3) is 2.32. The number of aryl methyl sites for hydroxylation is 1. The summed E-state index contributed by atoms with van der Waals surface area (Å²) in [7, 11) is 0. The number of pyridine rings is 1. The van der Waals surface area contributed by atoms with Crippen molar-refractivity contribution in [3.63, 3.8) is 0 Å². The van der Waals surface area contributed by atoms with E-state index in [4.69, 9.17) is 5.26 Å². The first-order chi connectivity index (χ1) is 9.76. The van der Waals surface area contributed by atoms with E-state index in [9.17, 15) is 0 Å². The number of benzene rings is 2. The van der Waals surface area contributed by atoms with E-state index < -0.39 is 0 Å². The first kappa shape index (κ1) is 12.2. The second-order valence-electron chi connectivity index (χ2n) is 4.65. The molecular formula is C17H13N3. The van der Waals surface area contributed by atoms with E-state index in [2.05, 4.69) is 40.6 Å². The number of aromatic nitrogens is 1. The van der Waals surface area contributed by atoms with Crippen LogP contribution in [0.1, 0.15) is 11.3 Å². The third-order valence-corrected chi connectivity index (χ3v) is 3.17. The molecule has 0 spiro atoms. The lowest BCUT2D eigenvalue weighted by Gasteiger charge is -2.09. The first-order valence-electron chi connectivity index (χ1n) is 6.40. The van der Waals surface area contributed by atoms with Crippen molar-refractivity contribution in [2.75, 3.05) is 5.32 Å². The molecule has 0 aliphatic rings. The molecule has 0 unspecified atom stereocenters. The van der Waals surface area contributed by atoms with Gasteiger partial charge in [-0.1, -0.05) is 30.3 Å². The molecule has 0 amide bonds. The molecule has 0 aliphatic heterocycles. The Morgan fingerprint density at radius 1 is 1.00 bits per heavy atom. The summed E-state index contributed by atoms with van der Waals surface area (Å²) in [5.41, 5.74) is 2.36. The fraction of sp³-hybridized carbons (Fsp3) is 0.0588. The fourth-order valence-corrected chi connectivity index (χ4v) is 2.15. The molecule has 0 aliphatic carbocycles. The normalized spacial score (nSPS) is 10.2. The van der Waals surface area contributed by atoms with Crippen LogP contribution in [0.15, 0.2) is 54.6 Å². The number of hydrogen-bond donors (Lipinski definition) is 1. The maximum absolute atomic E-state index is 9.13. The molecule has 3 aromatic rings. The highest BCUT2D eigenvalue weighted by Gasteiger charge is 2.05. The lowest BCUT2D eigenvalue weighted by molar-refractivity contribution is 1.19. The summed E-state index contributed by atoms with van der Waals surface area (Å²) in [4.78, 5) is 4.39. The van der Waals surface area contributed by atoms with E-state index in [-0.39, 0.29) is 0 Å². The summed E-state index contributed by atoms with van der Waals surface area (Å²) in [5, 5.41) is 14.7. The number of nitriles is 1. The zero-order valence-corrected chi connectivity index (χ0v) is 11.1. The van der Waals surface area contributed by atoms with Crippen LogP contribution in [0, 0.1) is 18.3 Å². The summed E-state index contributed by atoms with van der Waals surface area (Å²) in [5.74, 6) is 0.600. The van der Waals surface area contributed by atoms with Crippen molar-refractivity contribution < 1.29 is 0 Å². The van der Waals surface area contributed by atoms with Gasteiger partial charge >= 0.3 is 0 Å². The van der Waals surface area contributed by atoms with Crippen molar-refractivity contribution in [2.45, 2.75) is 6.92 Å². The molecule has 3 nitrogen and oxygen atoms in total. The molecule has 3 rings (SSSR count). The molecule has 3 heteroatoms. The second kappa shape index (κ2) is 5.02. The Morgan fingerprint density at radius 3 is 2.60 bits per heavy atom. The van der Waals surface area contributed by atoms with Crippen LogP contribution in [-0.4, -0.2) is 4.98 Å². The van der Waals surface area contributed by atoms with Gasteiger partial charge in [-0.15, -0.1) is 0 Å². The van der Waals surface area contributed by atoms with E-state index >= 15 is 0 Å². The van der Waals surface area contributed by atoms with E-state index in [0.29, 0.717) is 11.4 Å². The van der Waals surface area contributed by atoms with Gasteiger partial charge in [-0.05, 0) is 42.0 Å². The van der Waals surface area contributed by atoms with Crippen LogP contribution in [0.2, 0.25) is 0 Å². The maximum atomic E-state index is 9.13. The summed E-state index contributed by atoms with van der Waals surface area (Å²) >= 11 is 0. The van der Waals surface area contributed by atoms with Crippen LogP contribution >= 0.6 is 0 Å². The number of anilines is 2. The number of hydrogen-bond acceptors (Lipinski definition) is 3. The van der Waals surface area contributed by atoms with Crippen LogP contribution in [0.5, 0.6) is 0 Å².